The molecule has 0 aliphatic heterocycles. The molecule has 0 saturated carbocycles. The second-order valence-electron chi connectivity index (χ2n) is 3.87. The number of hydrogen-bond acceptors (Lipinski definition) is 4. The average Bonchev–Trinajstić information content (AvgIpc) is 2.65. The fourth-order valence-electron chi connectivity index (χ4n) is 1.59. The molecule has 0 atom stereocenters. The fourth-order valence-corrected chi connectivity index (χ4v) is 1.59. The van der Waals surface area contributed by atoms with Crippen LogP contribution in [0.25, 0.3) is 0 Å². The van der Waals surface area contributed by atoms with E-state index in [1.165, 1.54) is 11.1 Å². The molecule has 5 nitrogen and oxygen atoms in total. The summed E-state index contributed by atoms with van der Waals surface area (Å²) in [6, 6.07) is 8.35. The van der Waals surface area contributed by atoms with Gasteiger partial charge in [0.2, 0.25) is 11.9 Å². The molecule has 1 heterocycles. The van der Waals surface area contributed by atoms with Crippen LogP contribution in [0.5, 0.6) is 0 Å². The predicted molar refractivity (Wildman–Crippen MR) is 64.1 cm³/mol. The van der Waals surface area contributed by atoms with Gasteiger partial charge in [0.05, 0.1) is 0 Å². The van der Waals surface area contributed by atoms with Crippen LogP contribution in [0, 0.1) is 6.92 Å². The van der Waals surface area contributed by atoms with Crippen molar-refractivity contribution in [3.63, 3.8) is 0 Å². The molecule has 3 N–H and O–H groups in total. The molecular weight excluding hydrogens is 202 g/mol. The first-order valence-electron chi connectivity index (χ1n) is 5.10. The van der Waals surface area contributed by atoms with Gasteiger partial charge in [0.1, 0.15) is 0 Å². The summed E-state index contributed by atoms with van der Waals surface area (Å²) < 4.78 is 0. The van der Waals surface area contributed by atoms with Crippen molar-refractivity contribution in [2.24, 2.45) is 0 Å². The highest BCUT2D eigenvalue weighted by Crippen LogP contribution is 2.11. The molecule has 0 bridgehead atoms. The lowest BCUT2D eigenvalue weighted by atomic mass is 10.1. The molecule has 84 valence electrons. The number of anilines is 2. The van der Waals surface area contributed by atoms with Gasteiger partial charge in [-0.15, -0.1) is 5.10 Å². The normalized spacial score (nSPS) is 10.4. The van der Waals surface area contributed by atoms with E-state index in [0.29, 0.717) is 11.9 Å². The number of aromatic amines is 1. The highest BCUT2D eigenvalue weighted by molar-refractivity contribution is 5.35. The van der Waals surface area contributed by atoms with E-state index in [0.717, 1.165) is 6.54 Å². The maximum Gasteiger partial charge on any atom is 0.246 e. The summed E-state index contributed by atoms with van der Waals surface area (Å²) in [7, 11) is 1.94. The number of aromatic nitrogens is 3. The molecule has 0 aliphatic rings. The van der Waals surface area contributed by atoms with Crippen LogP contribution in [0.3, 0.4) is 0 Å². The number of nitrogens with one attached hydrogen (secondary N) is 1. The highest BCUT2D eigenvalue weighted by atomic mass is 15.4. The molecule has 0 saturated heterocycles. The first-order valence-corrected chi connectivity index (χ1v) is 5.10. The average molecular weight is 217 g/mol. The SMILES string of the molecule is Cc1cccc(CN(C)c2n[nH]c(N)n2)c1. The molecule has 0 radical (unpaired) electrons. The zero-order valence-corrected chi connectivity index (χ0v) is 9.44. The molecule has 0 unspecified atom stereocenters. The third-order valence-corrected chi connectivity index (χ3v) is 2.33. The number of aryl methyl sites for hydroxylation is 1. The minimum Gasteiger partial charge on any atom is -0.368 e. The Morgan fingerprint density at radius 2 is 2.25 bits per heavy atom. The minimum atomic E-state index is 0.339. The van der Waals surface area contributed by atoms with Gasteiger partial charge in [0.25, 0.3) is 0 Å². The van der Waals surface area contributed by atoms with Crippen molar-refractivity contribution >= 4 is 11.9 Å². The highest BCUT2D eigenvalue weighted by Gasteiger charge is 2.06. The molecule has 16 heavy (non-hydrogen) atoms. The van der Waals surface area contributed by atoms with Crippen LogP contribution >= 0.6 is 0 Å². The first kappa shape index (κ1) is 10.5. The van der Waals surface area contributed by atoms with E-state index in [-0.39, 0.29) is 0 Å². The second kappa shape index (κ2) is 4.22. The van der Waals surface area contributed by atoms with E-state index in [1.54, 1.807) is 0 Å². The Kier molecular flexibility index (Phi) is 2.76. The van der Waals surface area contributed by atoms with Crippen molar-refractivity contribution in [1.29, 1.82) is 0 Å². The van der Waals surface area contributed by atoms with Crippen LogP contribution in [0.2, 0.25) is 0 Å². The number of nitrogens with zero attached hydrogens (tertiary/aromatic N) is 3. The van der Waals surface area contributed by atoms with Gasteiger partial charge in [-0.2, -0.15) is 4.98 Å². The van der Waals surface area contributed by atoms with Crippen molar-refractivity contribution in [3.05, 3.63) is 35.4 Å². The Bertz CT molecular complexity index is 477. The largest absolute Gasteiger partial charge is 0.368 e. The lowest BCUT2D eigenvalue weighted by molar-refractivity contribution is 0.870. The van der Waals surface area contributed by atoms with Gasteiger partial charge in [-0.3, -0.25) is 0 Å². The zero-order valence-electron chi connectivity index (χ0n) is 9.44. The summed E-state index contributed by atoms with van der Waals surface area (Å²) in [5.41, 5.74) is 7.96. The van der Waals surface area contributed by atoms with E-state index in [4.69, 9.17) is 5.73 Å². The Morgan fingerprint density at radius 1 is 1.44 bits per heavy atom. The van der Waals surface area contributed by atoms with E-state index in [1.807, 2.05) is 18.0 Å². The summed E-state index contributed by atoms with van der Waals surface area (Å²) in [4.78, 5) is 6.01. The van der Waals surface area contributed by atoms with Crippen LogP contribution in [0.1, 0.15) is 11.1 Å². The van der Waals surface area contributed by atoms with E-state index in [2.05, 4.69) is 40.3 Å². The smallest absolute Gasteiger partial charge is 0.246 e. The maximum absolute atomic E-state index is 5.48. The molecule has 0 aliphatic carbocycles. The first-order chi connectivity index (χ1) is 7.65. The number of hydrogen-bond donors (Lipinski definition) is 2. The Labute approximate surface area is 94.3 Å². The number of rotatable bonds is 3. The standard InChI is InChI=1S/C11H15N5/c1-8-4-3-5-9(6-8)7-16(2)11-13-10(12)14-15-11/h3-6H,7H2,1-2H3,(H3,12,13,14,15). The summed E-state index contributed by atoms with van der Waals surface area (Å²) in [5.74, 6) is 0.949. The topological polar surface area (TPSA) is 70.8 Å². The molecule has 0 fully saturated rings. The Hall–Kier alpha value is -2.04. The molecule has 0 spiro atoms. The van der Waals surface area contributed by atoms with Gasteiger partial charge in [-0.05, 0) is 12.5 Å². The van der Waals surface area contributed by atoms with Crippen molar-refractivity contribution in [1.82, 2.24) is 15.2 Å². The van der Waals surface area contributed by atoms with Crippen LogP contribution < -0.4 is 10.6 Å². The third-order valence-electron chi connectivity index (χ3n) is 2.33. The van der Waals surface area contributed by atoms with Crippen LogP contribution in [0.15, 0.2) is 24.3 Å². The quantitative estimate of drug-likeness (QED) is 0.813. The second-order valence-corrected chi connectivity index (χ2v) is 3.87. The van der Waals surface area contributed by atoms with Gasteiger partial charge in [-0.25, -0.2) is 5.10 Å². The van der Waals surface area contributed by atoms with Crippen molar-refractivity contribution in [2.75, 3.05) is 17.7 Å². The van der Waals surface area contributed by atoms with E-state index >= 15 is 0 Å². The summed E-state index contributed by atoms with van der Waals surface area (Å²) >= 11 is 0. The van der Waals surface area contributed by atoms with Crippen LogP contribution in [0.4, 0.5) is 11.9 Å². The lowest BCUT2D eigenvalue weighted by Gasteiger charge is -2.14. The van der Waals surface area contributed by atoms with Gasteiger partial charge >= 0.3 is 0 Å². The number of H-pyrrole nitrogens is 1. The monoisotopic (exact) mass is 217 g/mol. The molecule has 1 aromatic heterocycles. The fraction of sp³-hybridized carbons (Fsp3) is 0.273. The Morgan fingerprint density at radius 3 is 2.88 bits per heavy atom. The van der Waals surface area contributed by atoms with Gasteiger partial charge < -0.3 is 10.6 Å². The van der Waals surface area contributed by atoms with E-state index in [9.17, 15) is 0 Å². The molecule has 2 rings (SSSR count). The maximum atomic E-state index is 5.48. The third kappa shape index (κ3) is 2.31. The van der Waals surface area contributed by atoms with Crippen LogP contribution in [-0.2, 0) is 6.54 Å². The summed E-state index contributed by atoms with van der Waals surface area (Å²) in [6.45, 7) is 2.84. The van der Waals surface area contributed by atoms with Crippen molar-refractivity contribution in [3.8, 4) is 0 Å². The molecule has 5 heteroatoms. The molecule has 0 amide bonds. The van der Waals surface area contributed by atoms with E-state index < -0.39 is 0 Å². The van der Waals surface area contributed by atoms with Gasteiger partial charge in [-0.1, -0.05) is 29.8 Å². The number of benzene rings is 1. The van der Waals surface area contributed by atoms with Gasteiger partial charge in [0, 0.05) is 13.6 Å². The molecule has 1 aromatic carbocycles. The van der Waals surface area contributed by atoms with Crippen molar-refractivity contribution < 1.29 is 0 Å². The predicted octanol–water partition coefficient (Wildman–Crippen LogP) is 1.33. The Balaban J connectivity index is 2.10. The zero-order chi connectivity index (χ0) is 11.5. The lowest BCUT2D eigenvalue weighted by Crippen LogP contribution is -2.17. The number of nitrogen functional groups attached to an aromatic ring is 1. The molecular formula is C11H15N5. The molecule has 2 aromatic rings. The van der Waals surface area contributed by atoms with Crippen LogP contribution in [-0.4, -0.2) is 22.2 Å². The summed E-state index contributed by atoms with van der Waals surface area (Å²) in [5, 5.41) is 6.62. The minimum absolute atomic E-state index is 0.339. The van der Waals surface area contributed by atoms with Gasteiger partial charge in [0.15, 0.2) is 0 Å². The summed E-state index contributed by atoms with van der Waals surface area (Å²) in [6.07, 6.45) is 0. The van der Waals surface area contributed by atoms with Crippen molar-refractivity contribution in [2.45, 2.75) is 13.5 Å². The number of nitrogens with two attached hydrogens (primary N) is 1.